The summed E-state index contributed by atoms with van der Waals surface area (Å²) in [5, 5.41) is 6.10. The van der Waals surface area contributed by atoms with Crippen molar-refractivity contribution in [3.63, 3.8) is 0 Å². The topological polar surface area (TPSA) is 78.5 Å². The quantitative estimate of drug-likeness (QED) is 0.216. The first-order valence-corrected chi connectivity index (χ1v) is 12.6. The predicted octanol–water partition coefficient (Wildman–Crippen LogP) is 5.94. The van der Waals surface area contributed by atoms with Gasteiger partial charge in [-0.3, -0.25) is 4.79 Å². The molecule has 35 heavy (non-hydrogen) atoms. The number of halogens is 1. The molecule has 0 saturated heterocycles. The Balaban J connectivity index is 1.92. The van der Waals surface area contributed by atoms with Gasteiger partial charge in [0.15, 0.2) is 0 Å². The zero-order valence-electron chi connectivity index (χ0n) is 20.6. The normalized spacial score (nSPS) is 13.5. The van der Waals surface area contributed by atoms with Crippen LogP contribution in [0.15, 0.2) is 56.8 Å². The third kappa shape index (κ3) is 4.55. The van der Waals surface area contributed by atoms with E-state index in [-0.39, 0.29) is 17.4 Å². The van der Waals surface area contributed by atoms with Crippen LogP contribution in [0.25, 0.3) is 21.8 Å². The average molecular weight is 537 g/mol. The second-order valence-corrected chi connectivity index (χ2v) is 9.53. The molecule has 4 rings (SSSR count). The van der Waals surface area contributed by atoms with E-state index in [1.165, 1.54) is 4.68 Å². The molecule has 2 aromatic carbocycles. The number of esters is 1. The van der Waals surface area contributed by atoms with E-state index < -0.39 is 6.04 Å². The van der Waals surface area contributed by atoms with Gasteiger partial charge in [-0.25, -0.2) is 9.78 Å². The molecule has 0 radical (unpaired) electrons. The number of ether oxygens (including phenoxy) is 1. The number of rotatable bonds is 7. The molecular formula is C27H29BrN4O3. The Morgan fingerprint density at radius 2 is 1.91 bits per heavy atom. The Morgan fingerprint density at radius 3 is 2.63 bits per heavy atom. The van der Waals surface area contributed by atoms with Crippen molar-refractivity contribution >= 4 is 49.9 Å². The van der Waals surface area contributed by atoms with E-state index in [0.717, 1.165) is 33.1 Å². The lowest BCUT2D eigenvalue weighted by molar-refractivity contribution is -0.146. The van der Waals surface area contributed by atoms with Crippen molar-refractivity contribution in [2.24, 2.45) is 5.10 Å². The van der Waals surface area contributed by atoms with Crippen LogP contribution in [0.1, 0.15) is 63.2 Å². The summed E-state index contributed by atoms with van der Waals surface area (Å²) in [7, 11) is 0. The lowest BCUT2D eigenvalue weighted by Crippen LogP contribution is -2.24. The Labute approximate surface area is 212 Å². The number of para-hydroxylation sites is 1. The second-order valence-electron chi connectivity index (χ2n) is 8.62. The van der Waals surface area contributed by atoms with Gasteiger partial charge in [-0.05, 0) is 51.5 Å². The van der Waals surface area contributed by atoms with Crippen molar-refractivity contribution in [1.82, 2.24) is 14.2 Å². The highest BCUT2D eigenvalue weighted by Crippen LogP contribution is 2.29. The monoisotopic (exact) mass is 536 g/mol. The highest BCUT2D eigenvalue weighted by atomic mass is 79.9. The first kappa shape index (κ1) is 24.9. The lowest BCUT2D eigenvalue weighted by atomic mass is 10.1. The van der Waals surface area contributed by atoms with Gasteiger partial charge < -0.3 is 9.30 Å². The van der Waals surface area contributed by atoms with Crippen molar-refractivity contribution in [3.05, 3.63) is 74.4 Å². The van der Waals surface area contributed by atoms with Gasteiger partial charge in [0, 0.05) is 32.6 Å². The molecule has 2 aromatic heterocycles. The number of fused-ring (bicyclic) bond motifs is 2. The van der Waals surface area contributed by atoms with Crippen molar-refractivity contribution in [2.75, 3.05) is 6.61 Å². The molecule has 0 bridgehead atoms. The molecule has 0 aliphatic rings. The van der Waals surface area contributed by atoms with Gasteiger partial charge in [-0.2, -0.15) is 9.78 Å². The largest absolute Gasteiger partial charge is 0.464 e. The van der Waals surface area contributed by atoms with Gasteiger partial charge in [0.2, 0.25) is 0 Å². The van der Waals surface area contributed by atoms with Crippen LogP contribution < -0.4 is 5.56 Å². The minimum Gasteiger partial charge on any atom is -0.464 e. The van der Waals surface area contributed by atoms with E-state index >= 15 is 0 Å². The summed E-state index contributed by atoms with van der Waals surface area (Å²) in [6.07, 6.45) is 2.52. The van der Waals surface area contributed by atoms with E-state index in [9.17, 15) is 9.59 Å². The summed E-state index contributed by atoms with van der Waals surface area (Å²) in [6, 6.07) is 12.8. The van der Waals surface area contributed by atoms with Crippen LogP contribution in [-0.2, 0) is 9.53 Å². The fourth-order valence-electron chi connectivity index (χ4n) is 4.34. The number of hydrogen-bond acceptors (Lipinski definition) is 5. The lowest BCUT2D eigenvalue weighted by Gasteiger charge is -2.16. The zero-order chi connectivity index (χ0) is 25.3. The minimum absolute atomic E-state index is 0.0409. The molecule has 0 aliphatic carbocycles. The van der Waals surface area contributed by atoms with Gasteiger partial charge in [0.25, 0.3) is 5.56 Å². The minimum atomic E-state index is -0.500. The maximum Gasteiger partial charge on any atom is 0.328 e. The summed E-state index contributed by atoms with van der Waals surface area (Å²) >= 11 is 3.45. The van der Waals surface area contributed by atoms with Crippen molar-refractivity contribution in [3.8, 4) is 0 Å². The molecule has 2 atom stereocenters. The van der Waals surface area contributed by atoms with E-state index in [2.05, 4.69) is 28.0 Å². The molecule has 0 unspecified atom stereocenters. The van der Waals surface area contributed by atoms with E-state index in [0.29, 0.717) is 23.3 Å². The molecule has 4 aromatic rings. The van der Waals surface area contributed by atoms with Crippen molar-refractivity contribution in [2.45, 2.75) is 53.0 Å². The SMILES string of the molecule is CCOC(=O)[C@@H](C)n1c(C)c(C=Nn2c([C@@H](C)CC)nc3ccc(Br)cc3c2=O)c2ccccc21. The highest BCUT2D eigenvalue weighted by Gasteiger charge is 2.23. The van der Waals surface area contributed by atoms with Crippen LogP contribution in [0.4, 0.5) is 0 Å². The Bertz CT molecular complexity index is 1500. The molecule has 8 heteroatoms. The van der Waals surface area contributed by atoms with E-state index in [1.807, 2.05) is 61.7 Å². The van der Waals surface area contributed by atoms with Crippen LogP contribution in [0.2, 0.25) is 0 Å². The smallest absolute Gasteiger partial charge is 0.328 e. The third-order valence-corrected chi connectivity index (χ3v) is 6.90. The Hall–Kier alpha value is -3.26. The molecule has 182 valence electrons. The van der Waals surface area contributed by atoms with Crippen molar-refractivity contribution < 1.29 is 9.53 Å². The fourth-order valence-corrected chi connectivity index (χ4v) is 4.70. The van der Waals surface area contributed by atoms with Crippen molar-refractivity contribution in [1.29, 1.82) is 0 Å². The van der Waals surface area contributed by atoms with Crippen LogP contribution in [0, 0.1) is 6.92 Å². The van der Waals surface area contributed by atoms with E-state index in [1.54, 1.807) is 19.2 Å². The first-order chi connectivity index (χ1) is 16.8. The maximum atomic E-state index is 13.5. The molecule has 0 fully saturated rings. The summed E-state index contributed by atoms with van der Waals surface area (Å²) in [5.41, 5.74) is 3.04. The molecule has 0 saturated carbocycles. The fraction of sp³-hybridized carbons (Fsp3) is 0.333. The summed E-state index contributed by atoms with van der Waals surface area (Å²) in [6.45, 7) is 10.00. The van der Waals surface area contributed by atoms with Crippen LogP contribution >= 0.6 is 15.9 Å². The van der Waals surface area contributed by atoms with Gasteiger partial charge in [0.1, 0.15) is 11.9 Å². The average Bonchev–Trinajstić information content (AvgIpc) is 3.13. The van der Waals surface area contributed by atoms with Gasteiger partial charge >= 0.3 is 5.97 Å². The number of hydrogen-bond donors (Lipinski definition) is 0. The summed E-state index contributed by atoms with van der Waals surface area (Å²) in [5.74, 6) is 0.364. The molecule has 0 spiro atoms. The molecule has 0 N–H and O–H groups in total. The summed E-state index contributed by atoms with van der Waals surface area (Å²) in [4.78, 5) is 30.8. The summed E-state index contributed by atoms with van der Waals surface area (Å²) < 4.78 is 9.45. The molecule has 7 nitrogen and oxygen atoms in total. The molecular weight excluding hydrogens is 508 g/mol. The maximum absolute atomic E-state index is 13.5. The number of aromatic nitrogens is 3. The number of nitrogens with zero attached hydrogens (tertiary/aromatic N) is 4. The number of carbonyl (C=O) groups excluding carboxylic acids is 1. The second kappa shape index (κ2) is 10.2. The standard InChI is InChI=1S/C27H29BrN4O3/c1-6-16(3)25-30-23-13-12-19(28)14-21(23)26(33)32(25)29-15-22-17(4)31(18(5)27(34)35-7-2)24-11-9-8-10-20(22)24/h8-16,18H,6-7H2,1-5H3/t16-,18+/m0/s1. The zero-order valence-corrected chi connectivity index (χ0v) is 22.2. The van der Waals surface area contributed by atoms with Crippen LogP contribution in [-0.4, -0.2) is 33.0 Å². The highest BCUT2D eigenvalue weighted by molar-refractivity contribution is 9.10. The Morgan fingerprint density at radius 1 is 1.17 bits per heavy atom. The van der Waals surface area contributed by atoms with Gasteiger partial charge in [-0.15, -0.1) is 0 Å². The predicted molar refractivity (Wildman–Crippen MR) is 143 cm³/mol. The molecule has 0 amide bonds. The first-order valence-electron chi connectivity index (χ1n) is 11.8. The third-order valence-electron chi connectivity index (χ3n) is 6.41. The number of carbonyl (C=O) groups is 1. The van der Waals surface area contributed by atoms with E-state index in [4.69, 9.17) is 9.72 Å². The molecule has 0 aliphatic heterocycles. The molecule has 2 heterocycles. The Kier molecular flexibility index (Phi) is 7.21. The van der Waals surface area contributed by atoms with Crippen LogP contribution in [0.3, 0.4) is 0 Å². The van der Waals surface area contributed by atoms with Gasteiger partial charge in [0.05, 0.1) is 23.7 Å². The number of benzene rings is 2. The van der Waals surface area contributed by atoms with Crippen LogP contribution in [0.5, 0.6) is 0 Å². The van der Waals surface area contributed by atoms with Gasteiger partial charge in [-0.1, -0.05) is 48.0 Å².